The van der Waals surface area contributed by atoms with Crippen LogP contribution >= 0.6 is 0 Å². The number of nitrogens with one attached hydrogen (secondary N) is 1. The Kier molecular flexibility index (Phi) is 5.45. The van der Waals surface area contributed by atoms with E-state index in [1.165, 1.54) is 16.8 Å². The predicted octanol–water partition coefficient (Wildman–Crippen LogP) is 3.73. The lowest BCUT2D eigenvalue weighted by molar-refractivity contribution is 0.0974. The zero-order valence-electron chi connectivity index (χ0n) is 22.3. The van der Waals surface area contributed by atoms with Crippen LogP contribution in [0.4, 0.5) is 17.3 Å². The summed E-state index contributed by atoms with van der Waals surface area (Å²) in [4.78, 5) is 14.4. The molecular weight excluding hydrogens is 478 g/mol. The molecule has 4 aromatic rings. The molecule has 3 atom stereocenters. The summed E-state index contributed by atoms with van der Waals surface area (Å²) in [5, 5.41) is 12.3. The first-order chi connectivity index (χ1) is 18.4. The van der Waals surface area contributed by atoms with Gasteiger partial charge in [-0.15, -0.1) is 0 Å². The maximum Gasteiger partial charge on any atom is 0.183 e. The average Bonchev–Trinajstić information content (AvgIpc) is 3.63. The molecule has 0 saturated carbocycles. The number of aromatic amines is 1. The summed E-state index contributed by atoms with van der Waals surface area (Å²) in [5.41, 5.74) is 13.0. The summed E-state index contributed by atoms with van der Waals surface area (Å²) in [6.45, 7) is 7.83. The van der Waals surface area contributed by atoms with Gasteiger partial charge in [0.05, 0.1) is 25.1 Å². The van der Waals surface area contributed by atoms with E-state index in [0.717, 1.165) is 73.9 Å². The standard InChI is InChI=1S/C28H35N9O/c1-17-7-10-37(21-6-4-5-20(23(17)21)19-13-31-35(3)15-19)27-24-26(33-34-27)32-22(14-30-24)36-11-8-28(9-12-36)16-38-18(2)25(28)29/h4-6,13-15,17-18,25H,7-12,16,29H2,1-3H3,(H,32,33,34)/t17-,18-,25+/m0/s1. The van der Waals surface area contributed by atoms with Gasteiger partial charge < -0.3 is 20.3 Å². The molecule has 0 aliphatic carbocycles. The molecule has 0 radical (unpaired) electrons. The number of anilines is 3. The van der Waals surface area contributed by atoms with Gasteiger partial charge in [0, 0.05) is 55.6 Å². The van der Waals surface area contributed by atoms with Crippen LogP contribution in [-0.2, 0) is 11.8 Å². The molecule has 0 unspecified atom stereocenters. The van der Waals surface area contributed by atoms with E-state index in [0.29, 0.717) is 5.92 Å². The van der Waals surface area contributed by atoms with Gasteiger partial charge in [0.2, 0.25) is 0 Å². The first kappa shape index (κ1) is 23.6. The molecule has 1 spiro atoms. The quantitative estimate of drug-likeness (QED) is 0.426. The summed E-state index contributed by atoms with van der Waals surface area (Å²) in [6, 6.07) is 6.60. The fraction of sp³-hybridized carbons (Fsp3) is 0.500. The molecular formula is C28H35N9O. The minimum absolute atomic E-state index is 0.0854. The number of hydrogen-bond donors (Lipinski definition) is 2. The maximum atomic E-state index is 6.51. The highest BCUT2D eigenvalue weighted by molar-refractivity contribution is 5.89. The van der Waals surface area contributed by atoms with Gasteiger partial charge in [-0.05, 0) is 49.3 Å². The zero-order valence-corrected chi connectivity index (χ0v) is 22.3. The van der Waals surface area contributed by atoms with E-state index in [2.05, 4.69) is 58.2 Å². The Balaban J connectivity index is 1.18. The van der Waals surface area contributed by atoms with E-state index in [-0.39, 0.29) is 17.6 Å². The Labute approximate surface area is 222 Å². The van der Waals surface area contributed by atoms with E-state index in [1.54, 1.807) is 0 Å². The highest BCUT2D eigenvalue weighted by Crippen LogP contribution is 2.45. The molecule has 3 N–H and O–H groups in total. The van der Waals surface area contributed by atoms with Crippen molar-refractivity contribution in [2.24, 2.45) is 18.2 Å². The fourth-order valence-electron chi connectivity index (χ4n) is 6.70. The van der Waals surface area contributed by atoms with Crippen molar-refractivity contribution in [1.29, 1.82) is 0 Å². The van der Waals surface area contributed by atoms with Crippen LogP contribution in [0.25, 0.3) is 22.3 Å². The number of nitrogens with zero attached hydrogens (tertiary/aromatic N) is 7. The number of aryl methyl sites for hydroxylation is 1. The van der Waals surface area contributed by atoms with Crippen LogP contribution < -0.4 is 15.5 Å². The van der Waals surface area contributed by atoms with Crippen LogP contribution in [0, 0.1) is 5.41 Å². The summed E-state index contributed by atoms with van der Waals surface area (Å²) in [5.74, 6) is 2.15. The molecule has 2 saturated heterocycles. The first-order valence-electron chi connectivity index (χ1n) is 13.7. The van der Waals surface area contributed by atoms with Crippen molar-refractivity contribution in [3.05, 3.63) is 42.4 Å². The van der Waals surface area contributed by atoms with E-state index in [4.69, 9.17) is 25.5 Å². The van der Waals surface area contributed by atoms with Gasteiger partial charge in [0.1, 0.15) is 5.82 Å². The largest absolute Gasteiger partial charge is 0.376 e. The summed E-state index contributed by atoms with van der Waals surface area (Å²) >= 11 is 0. The lowest BCUT2D eigenvalue weighted by atomic mass is 9.73. The molecule has 10 heteroatoms. The van der Waals surface area contributed by atoms with Crippen LogP contribution in [0.1, 0.15) is 44.6 Å². The number of aromatic nitrogens is 6. The molecule has 10 nitrogen and oxygen atoms in total. The summed E-state index contributed by atoms with van der Waals surface area (Å²) in [6.07, 6.45) is 9.09. The first-order valence-corrected chi connectivity index (χ1v) is 13.7. The number of benzene rings is 1. The number of piperidine rings is 1. The lowest BCUT2D eigenvalue weighted by Gasteiger charge is -2.41. The predicted molar refractivity (Wildman–Crippen MR) is 148 cm³/mol. The molecule has 198 valence electrons. The summed E-state index contributed by atoms with van der Waals surface area (Å²) in [7, 11) is 1.96. The third-order valence-corrected chi connectivity index (χ3v) is 9.09. The Morgan fingerprint density at radius 3 is 2.71 bits per heavy atom. The van der Waals surface area contributed by atoms with Gasteiger partial charge in [-0.2, -0.15) is 10.2 Å². The number of ether oxygens (including phenoxy) is 1. The van der Waals surface area contributed by atoms with Crippen LogP contribution in [-0.4, -0.2) is 68.3 Å². The molecule has 3 aromatic heterocycles. The van der Waals surface area contributed by atoms with Gasteiger partial charge in [-0.1, -0.05) is 19.1 Å². The van der Waals surface area contributed by atoms with Crippen LogP contribution in [0.3, 0.4) is 0 Å². The number of H-pyrrole nitrogens is 1. The highest BCUT2D eigenvalue weighted by Gasteiger charge is 2.47. The van der Waals surface area contributed by atoms with E-state index >= 15 is 0 Å². The maximum absolute atomic E-state index is 6.51. The Morgan fingerprint density at radius 1 is 1.13 bits per heavy atom. The average molecular weight is 514 g/mol. The molecule has 2 fully saturated rings. The number of hydrogen-bond acceptors (Lipinski definition) is 8. The molecule has 0 amide bonds. The molecule has 1 aromatic carbocycles. The molecule has 3 aliphatic rings. The van der Waals surface area contributed by atoms with E-state index < -0.39 is 0 Å². The Hall–Kier alpha value is -3.50. The van der Waals surface area contributed by atoms with Gasteiger partial charge in [0.15, 0.2) is 17.0 Å². The van der Waals surface area contributed by atoms with Crippen LogP contribution in [0.2, 0.25) is 0 Å². The second kappa shape index (κ2) is 8.78. The highest BCUT2D eigenvalue weighted by atomic mass is 16.5. The van der Waals surface area contributed by atoms with Crippen LogP contribution in [0.5, 0.6) is 0 Å². The fourth-order valence-corrected chi connectivity index (χ4v) is 6.70. The van der Waals surface area contributed by atoms with Crippen molar-refractivity contribution in [3.63, 3.8) is 0 Å². The SMILES string of the molecule is C[C@@H]1OCC2(CCN(c3cnc4c(N5CC[C@H](C)c6c(-c7cnn(C)c7)cccc65)n[nH]c4n3)CC2)[C@@H]1N. The van der Waals surface area contributed by atoms with E-state index in [1.807, 2.05) is 24.1 Å². The van der Waals surface area contributed by atoms with Crippen LogP contribution in [0.15, 0.2) is 36.8 Å². The van der Waals surface area contributed by atoms with Crippen molar-refractivity contribution in [3.8, 4) is 11.1 Å². The topological polar surface area (TPSA) is 114 Å². The van der Waals surface area contributed by atoms with Crippen molar-refractivity contribution < 1.29 is 4.74 Å². The Bertz CT molecular complexity index is 1480. The zero-order chi connectivity index (χ0) is 26.0. The van der Waals surface area contributed by atoms with Gasteiger partial charge in [0.25, 0.3) is 0 Å². The van der Waals surface area contributed by atoms with E-state index in [9.17, 15) is 0 Å². The molecule has 0 bridgehead atoms. The van der Waals surface area contributed by atoms with Gasteiger partial charge >= 0.3 is 0 Å². The minimum Gasteiger partial charge on any atom is -0.376 e. The molecule has 7 rings (SSSR count). The molecule has 3 aliphatic heterocycles. The smallest absolute Gasteiger partial charge is 0.183 e. The number of fused-ring (bicyclic) bond motifs is 2. The van der Waals surface area contributed by atoms with Crippen molar-refractivity contribution in [2.45, 2.75) is 51.2 Å². The van der Waals surface area contributed by atoms with Crippen molar-refractivity contribution in [2.75, 3.05) is 36.0 Å². The monoisotopic (exact) mass is 513 g/mol. The second-order valence-corrected chi connectivity index (χ2v) is 11.3. The number of nitrogens with two attached hydrogens (primary N) is 1. The van der Waals surface area contributed by atoms with Gasteiger partial charge in [-0.3, -0.25) is 9.78 Å². The van der Waals surface area contributed by atoms with Crippen molar-refractivity contribution >= 4 is 28.5 Å². The summed E-state index contributed by atoms with van der Waals surface area (Å²) < 4.78 is 7.74. The normalized spacial score (nSPS) is 24.9. The minimum atomic E-state index is 0.0854. The Morgan fingerprint density at radius 2 is 1.97 bits per heavy atom. The van der Waals surface area contributed by atoms with Crippen molar-refractivity contribution in [1.82, 2.24) is 29.9 Å². The molecule has 6 heterocycles. The van der Waals surface area contributed by atoms with Gasteiger partial charge in [-0.25, -0.2) is 9.97 Å². The third kappa shape index (κ3) is 3.61. The second-order valence-electron chi connectivity index (χ2n) is 11.3. The number of rotatable bonds is 3. The molecule has 38 heavy (non-hydrogen) atoms. The third-order valence-electron chi connectivity index (χ3n) is 9.09. The lowest BCUT2D eigenvalue weighted by Crippen LogP contribution is -2.50.